The van der Waals surface area contributed by atoms with Crippen LogP contribution in [-0.4, -0.2) is 30.8 Å². The molecule has 0 aromatic heterocycles. The van der Waals surface area contributed by atoms with E-state index in [1.165, 1.54) is 12.1 Å². The van der Waals surface area contributed by atoms with Crippen LogP contribution in [-0.2, 0) is 6.42 Å². The van der Waals surface area contributed by atoms with Crippen LogP contribution in [0.25, 0.3) is 0 Å². The number of benzene rings is 1. The highest BCUT2D eigenvalue weighted by Crippen LogP contribution is 2.09. The fourth-order valence-corrected chi connectivity index (χ4v) is 1.69. The number of halogens is 2. The van der Waals surface area contributed by atoms with E-state index in [4.69, 9.17) is 5.11 Å². The van der Waals surface area contributed by atoms with Crippen LogP contribution in [0.15, 0.2) is 18.2 Å². The van der Waals surface area contributed by atoms with Gasteiger partial charge in [-0.05, 0) is 30.4 Å². The Morgan fingerprint density at radius 1 is 1.35 bits per heavy atom. The second-order valence-corrected chi connectivity index (χ2v) is 4.74. The zero-order valence-electron chi connectivity index (χ0n) is 11.5. The molecule has 0 spiro atoms. The van der Waals surface area contributed by atoms with Gasteiger partial charge in [0.15, 0.2) is 0 Å². The van der Waals surface area contributed by atoms with Gasteiger partial charge in [-0.2, -0.15) is 0 Å². The second kappa shape index (κ2) is 8.47. The fourth-order valence-electron chi connectivity index (χ4n) is 1.69. The van der Waals surface area contributed by atoms with Gasteiger partial charge in [-0.25, -0.2) is 13.6 Å². The Morgan fingerprint density at radius 3 is 2.75 bits per heavy atom. The number of aliphatic hydroxyl groups is 1. The summed E-state index contributed by atoms with van der Waals surface area (Å²) in [6, 6.07) is 3.05. The van der Waals surface area contributed by atoms with E-state index in [1.54, 1.807) is 0 Å². The van der Waals surface area contributed by atoms with Crippen LogP contribution in [0.3, 0.4) is 0 Å². The van der Waals surface area contributed by atoms with Gasteiger partial charge in [-0.1, -0.05) is 13.0 Å². The van der Waals surface area contributed by atoms with E-state index in [-0.39, 0.29) is 25.1 Å². The molecule has 0 radical (unpaired) electrons. The molecular weight excluding hydrogens is 266 g/mol. The summed E-state index contributed by atoms with van der Waals surface area (Å²) < 4.78 is 26.0. The Morgan fingerprint density at radius 2 is 2.10 bits per heavy atom. The minimum atomic E-state index is -0.616. The van der Waals surface area contributed by atoms with Crippen molar-refractivity contribution < 1.29 is 18.7 Å². The summed E-state index contributed by atoms with van der Waals surface area (Å²) >= 11 is 0. The number of carbonyl (C=O) groups excluding carboxylic acids is 1. The number of aliphatic hydroxyl groups excluding tert-OH is 1. The largest absolute Gasteiger partial charge is 0.396 e. The predicted octanol–water partition coefficient (Wildman–Crippen LogP) is 1.82. The predicted molar refractivity (Wildman–Crippen MR) is 72.3 cm³/mol. The zero-order valence-corrected chi connectivity index (χ0v) is 11.5. The molecule has 112 valence electrons. The maximum absolute atomic E-state index is 13.3. The lowest BCUT2D eigenvalue weighted by Crippen LogP contribution is -2.38. The van der Waals surface area contributed by atoms with Crippen molar-refractivity contribution in [3.63, 3.8) is 0 Å². The monoisotopic (exact) mass is 286 g/mol. The minimum absolute atomic E-state index is 0.0916. The summed E-state index contributed by atoms with van der Waals surface area (Å²) in [4.78, 5) is 11.4. The highest BCUT2D eigenvalue weighted by molar-refractivity contribution is 5.73. The van der Waals surface area contributed by atoms with Crippen molar-refractivity contribution in [2.75, 3.05) is 19.7 Å². The number of hydrogen-bond donors (Lipinski definition) is 3. The van der Waals surface area contributed by atoms with Gasteiger partial charge < -0.3 is 15.7 Å². The molecule has 0 aliphatic heterocycles. The summed E-state index contributed by atoms with van der Waals surface area (Å²) in [5.74, 6) is -1.03. The maximum Gasteiger partial charge on any atom is 0.314 e. The Labute approximate surface area is 117 Å². The number of urea groups is 1. The lowest BCUT2D eigenvalue weighted by atomic mass is 10.1. The number of hydrogen-bond acceptors (Lipinski definition) is 2. The number of nitrogens with one attached hydrogen (secondary N) is 2. The van der Waals surface area contributed by atoms with Crippen molar-refractivity contribution in [3.05, 3.63) is 35.4 Å². The van der Waals surface area contributed by atoms with Gasteiger partial charge in [0.05, 0.1) is 0 Å². The van der Waals surface area contributed by atoms with Gasteiger partial charge in [0.2, 0.25) is 0 Å². The third-order valence-electron chi connectivity index (χ3n) is 2.93. The molecule has 0 bridgehead atoms. The molecule has 0 fully saturated rings. The molecule has 20 heavy (non-hydrogen) atoms. The molecule has 3 N–H and O–H groups in total. The molecule has 0 saturated heterocycles. The molecule has 1 aromatic carbocycles. The summed E-state index contributed by atoms with van der Waals surface area (Å²) in [7, 11) is 0. The van der Waals surface area contributed by atoms with Crippen molar-refractivity contribution in [2.45, 2.75) is 19.8 Å². The van der Waals surface area contributed by atoms with Crippen LogP contribution in [0.1, 0.15) is 18.9 Å². The molecule has 2 amide bonds. The molecule has 0 aliphatic rings. The fraction of sp³-hybridized carbons (Fsp3) is 0.500. The molecule has 1 atom stereocenters. The first kappa shape index (κ1) is 16.4. The van der Waals surface area contributed by atoms with Gasteiger partial charge >= 0.3 is 6.03 Å². The topological polar surface area (TPSA) is 61.4 Å². The Kier molecular flexibility index (Phi) is 6.93. The molecular formula is C14H20F2N2O2. The molecule has 1 rings (SSSR count). The highest BCUT2D eigenvalue weighted by atomic mass is 19.1. The van der Waals surface area contributed by atoms with Crippen molar-refractivity contribution >= 4 is 6.03 Å². The first-order chi connectivity index (χ1) is 9.52. The molecule has 0 aliphatic carbocycles. The van der Waals surface area contributed by atoms with Gasteiger partial charge in [0.25, 0.3) is 0 Å². The van der Waals surface area contributed by atoms with Crippen molar-refractivity contribution in [2.24, 2.45) is 5.92 Å². The average Bonchev–Trinajstić information content (AvgIpc) is 2.39. The summed E-state index contributed by atoms with van der Waals surface area (Å²) in [6.45, 7) is 2.75. The molecule has 4 nitrogen and oxygen atoms in total. The second-order valence-electron chi connectivity index (χ2n) is 4.74. The standard InChI is InChI=1S/C14H20F2N2O2/c1-10(5-7-19)9-18-14(20)17-6-4-11-2-3-12(15)8-13(11)16/h2-3,8,10,19H,4-7,9H2,1H3,(H2,17,18,20). The van der Waals surface area contributed by atoms with Crippen LogP contribution in [0.4, 0.5) is 13.6 Å². The lowest BCUT2D eigenvalue weighted by molar-refractivity contribution is 0.234. The van der Waals surface area contributed by atoms with Crippen LogP contribution < -0.4 is 10.6 Å². The zero-order chi connectivity index (χ0) is 15.0. The maximum atomic E-state index is 13.3. The summed E-state index contributed by atoms with van der Waals surface area (Å²) in [5.41, 5.74) is 0.361. The number of rotatable bonds is 7. The van der Waals surface area contributed by atoms with Gasteiger partial charge in [0.1, 0.15) is 11.6 Å². The van der Waals surface area contributed by atoms with Crippen LogP contribution in [0.5, 0.6) is 0 Å². The highest BCUT2D eigenvalue weighted by Gasteiger charge is 2.06. The Bertz CT molecular complexity index is 441. The normalized spacial score (nSPS) is 12.0. The molecule has 1 unspecified atom stereocenters. The van der Waals surface area contributed by atoms with E-state index >= 15 is 0 Å². The summed E-state index contributed by atoms with van der Waals surface area (Å²) in [5, 5.41) is 14.0. The summed E-state index contributed by atoms with van der Waals surface area (Å²) in [6.07, 6.45) is 0.923. The van der Waals surface area contributed by atoms with E-state index < -0.39 is 11.6 Å². The van der Waals surface area contributed by atoms with E-state index in [1.807, 2.05) is 6.92 Å². The van der Waals surface area contributed by atoms with Gasteiger partial charge in [0, 0.05) is 25.8 Å². The van der Waals surface area contributed by atoms with E-state index in [9.17, 15) is 13.6 Å². The number of amides is 2. The van der Waals surface area contributed by atoms with Crippen LogP contribution >= 0.6 is 0 Å². The SMILES string of the molecule is CC(CCO)CNC(=O)NCCc1ccc(F)cc1F. The molecule has 0 heterocycles. The van der Waals surface area contributed by atoms with Gasteiger partial charge in [-0.15, -0.1) is 0 Å². The third kappa shape index (κ3) is 5.97. The third-order valence-corrected chi connectivity index (χ3v) is 2.93. The first-order valence-electron chi connectivity index (χ1n) is 6.59. The first-order valence-corrected chi connectivity index (χ1v) is 6.59. The molecule has 1 aromatic rings. The van der Waals surface area contributed by atoms with E-state index in [2.05, 4.69) is 10.6 Å². The van der Waals surface area contributed by atoms with Crippen LogP contribution in [0, 0.1) is 17.6 Å². The van der Waals surface area contributed by atoms with Crippen molar-refractivity contribution in [3.8, 4) is 0 Å². The van der Waals surface area contributed by atoms with Gasteiger partial charge in [-0.3, -0.25) is 0 Å². The van der Waals surface area contributed by atoms with E-state index in [0.717, 1.165) is 6.07 Å². The quantitative estimate of drug-likeness (QED) is 0.716. The minimum Gasteiger partial charge on any atom is -0.396 e. The van der Waals surface area contributed by atoms with Crippen LogP contribution in [0.2, 0.25) is 0 Å². The van der Waals surface area contributed by atoms with Crippen molar-refractivity contribution in [1.29, 1.82) is 0 Å². The smallest absolute Gasteiger partial charge is 0.314 e. The molecule has 6 heteroatoms. The lowest BCUT2D eigenvalue weighted by Gasteiger charge is -2.12. The number of carbonyl (C=O) groups is 1. The van der Waals surface area contributed by atoms with Crippen molar-refractivity contribution in [1.82, 2.24) is 10.6 Å². The average molecular weight is 286 g/mol. The van der Waals surface area contributed by atoms with E-state index in [0.29, 0.717) is 24.9 Å². The Balaban J connectivity index is 2.24. The molecule has 0 saturated carbocycles. The Hall–Kier alpha value is -1.69.